The summed E-state index contributed by atoms with van der Waals surface area (Å²) >= 11 is 0. The van der Waals surface area contributed by atoms with Crippen molar-refractivity contribution in [2.24, 2.45) is 17.3 Å². The molecule has 2 saturated carbocycles. The molecule has 0 unspecified atom stereocenters. The van der Waals surface area contributed by atoms with Crippen LogP contribution in [0.5, 0.6) is 5.75 Å². The van der Waals surface area contributed by atoms with E-state index in [4.69, 9.17) is 4.74 Å². The summed E-state index contributed by atoms with van der Waals surface area (Å²) in [5.74, 6) is 3.46. The van der Waals surface area contributed by atoms with Crippen molar-refractivity contribution < 1.29 is 4.74 Å². The molecule has 2 fully saturated rings. The van der Waals surface area contributed by atoms with E-state index in [9.17, 15) is 0 Å². The molecule has 1 heterocycles. The molecule has 1 aromatic carbocycles. The lowest BCUT2D eigenvalue weighted by Crippen LogP contribution is -2.48. The Labute approximate surface area is 168 Å². The SMILES string of the molecule is COc1ccc2c(c1)CC[C@@H]1[C@@H]2CC[C@]2(C)[C@@H](NCc3ccccn3)CC[C@@H]12. The van der Waals surface area contributed by atoms with E-state index in [0.717, 1.165) is 35.7 Å². The van der Waals surface area contributed by atoms with Crippen LogP contribution in [-0.2, 0) is 13.0 Å². The van der Waals surface area contributed by atoms with Gasteiger partial charge in [0.25, 0.3) is 0 Å². The number of hydrogen-bond donors (Lipinski definition) is 1. The highest BCUT2D eigenvalue weighted by Crippen LogP contribution is 2.61. The fourth-order valence-corrected chi connectivity index (χ4v) is 6.75. The molecule has 3 aliphatic carbocycles. The quantitative estimate of drug-likeness (QED) is 0.806. The average molecular weight is 377 g/mol. The highest BCUT2D eigenvalue weighted by atomic mass is 16.5. The molecule has 0 aliphatic heterocycles. The van der Waals surface area contributed by atoms with Crippen LogP contribution >= 0.6 is 0 Å². The monoisotopic (exact) mass is 376 g/mol. The minimum atomic E-state index is 0.430. The summed E-state index contributed by atoms with van der Waals surface area (Å²) in [4.78, 5) is 4.50. The Kier molecular flexibility index (Phi) is 4.66. The number of methoxy groups -OCH3 is 1. The van der Waals surface area contributed by atoms with E-state index in [1.165, 1.54) is 44.1 Å². The first-order chi connectivity index (χ1) is 13.7. The van der Waals surface area contributed by atoms with Gasteiger partial charge in [0.1, 0.15) is 5.75 Å². The molecule has 3 aliphatic rings. The summed E-state index contributed by atoms with van der Waals surface area (Å²) in [6.45, 7) is 3.46. The van der Waals surface area contributed by atoms with Crippen LogP contribution in [0.2, 0.25) is 0 Å². The Morgan fingerprint density at radius 3 is 2.89 bits per heavy atom. The van der Waals surface area contributed by atoms with E-state index in [2.05, 4.69) is 47.6 Å². The number of ether oxygens (including phenoxy) is 1. The Hall–Kier alpha value is -1.87. The molecule has 0 amide bonds. The van der Waals surface area contributed by atoms with E-state index in [0.29, 0.717) is 11.5 Å². The fraction of sp³-hybridized carbons (Fsp3) is 0.560. The van der Waals surface area contributed by atoms with Gasteiger partial charge in [-0.05, 0) is 97.1 Å². The Morgan fingerprint density at radius 1 is 1.14 bits per heavy atom. The number of benzene rings is 1. The van der Waals surface area contributed by atoms with E-state index < -0.39 is 0 Å². The number of nitrogens with zero attached hydrogens (tertiary/aromatic N) is 1. The van der Waals surface area contributed by atoms with Gasteiger partial charge in [-0.25, -0.2) is 0 Å². The molecule has 1 aromatic heterocycles. The van der Waals surface area contributed by atoms with Crippen molar-refractivity contribution in [2.75, 3.05) is 7.11 Å². The van der Waals surface area contributed by atoms with E-state index in [-0.39, 0.29) is 0 Å². The molecule has 3 heteroatoms. The van der Waals surface area contributed by atoms with Crippen molar-refractivity contribution in [3.8, 4) is 5.75 Å². The van der Waals surface area contributed by atoms with Crippen molar-refractivity contribution in [1.29, 1.82) is 0 Å². The maximum atomic E-state index is 5.47. The standard InChI is InChI=1S/C25H32N2O/c1-25-13-12-21-20-9-7-19(28-2)15-17(20)6-8-22(21)23(25)10-11-24(25)27-16-18-5-3-4-14-26-18/h3-5,7,9,14-15,21-24,27H,6,8,10-13,16H2,1-2H3/t21-,22-,23+,24+,25+/m1/s1. The van der Waals surface area contributed by atoms with Gasteiger partial charge in [0.2, 0.25) is 0 Å². The van der Waals surface area contributed by atoms with Crippen molar-refractivity contribution in [3.63, 3.8) is 0 Å². The van der Waals surface area contributed by atoms with Crippen molar-refractivity contribution in [2.45, 2.75) is 64.0 Å². The van der Waals surface area contributed by atoms with Gasteiger partial charge in [-0.1, -0.05) is 19.1 Å². The van der Waals surface area contributed by atoms with Gasteiger partial charge in [0, 0.05) is 18.8 Å². The van der Waals surface area contributed by atoms with Gasteiger partial charge in [0.05, 0.1) is 12.8 Å². The molecule has 148 valence electrons. The predicted octanol–water partition coefficient (Wildman–Crippen LogP) is 5.10. The zero-order chi connectivity index (χ0) is 19.1. The third kappa shape index (κ3) is 2.95. The van der Waals surface area contributed by atoms with Gasteiger partial charge in [-0.3, -0.25) is 4.98 Å². The summed E-state index contributed by atoms with van der Waals surface area (Å²) in [6, 6.07) is 13.6. The van der Waals surface area contributed by atoms with Crippen molar-refractivity contribution in [1.82, 2.24) is 10.3 Å². The lowest BCUT2D eigenvalue weighted by Gasteiger charge is -2.51. The molecular weight excluding hydrogens is 344 g/mol. The molecule has 2 aromatic rings. The number of rotatable bonds is 4. The van der Waals surface area contributed by atoms with Crippen LogP contribution in [0.4, 0.5) is 0 Å². The molecule has 0 saturated heterocycles. The first kappa shape index (κ1) is 18.2. The highest BCUT2D eigenvalue weighted by Gasteiger charge is 2.54. The largest absolute Gasteiger partial charge is 0.497 e. The summed E-state index contributed by atoms with van der Waals surface area (Å²) in [7, 11) is 1.77. The zero-order valence-electron chi connectivity index (χ0n) is 17.2. The molecule has 5 rings (SSSR count). The first-order valence-corrected chi connectivity index (χ1v) is 11.0. The number of aromatic nitrogens is 1. The molecular formula is C25H32N2O. The second-order valence-corrected chi connectivity index (χ2v) is 9.36. The third-order valence-corrected chi connectivity index (χ3v) is 8.19. The first-order valence-electron chi connectivity index (χ1n) is 11.0. The van der Waals surface area contributed by atoms with Crippen LogP contribution in [0.25, 0.3) is 0 Å². The number of nitrogens with one attached hydrogen (secondary N) is 1. The zero-order valence-corrected chi connectivity index (χ0v) is 17.2. The van der Waals surface area contributed by atoms with Gasteiger partial charge >= 0.3 is 0 Å². The van der Waals surface area contributed by atoms with E-state index >= 15 is 0 Å². The van der Waals surface area contributed by atoms with Crippen molar-refractivity contribution in [3.05, 3.63) is 59.4 Å². The topological polar surface area (TPSA) is 34.1 Å². The van der Waals surface area contributed by atoms with Gasteiger partial charge in [-0.15, -0.1) is 0 Å². The molecule has 1 N–H and O–H groups in total. The van der Waals surface area contributed by atoms with Crippen LogP contribution in [-0.4, -0.2) is 18.1 Å². The van der Waals surface area contributed by atoms with Crippen LogP contribution in [0.1, 0.15) is 61.8 Å². The Balaban J connectivity index is 1.33. The normalized spacial score (nSPS) is 33.6. The minimum absolute atomic E-state index is 0.430. The maximum absolute atomic E-state index is 5.47. The summed E-state index contributed by atoms with van der Waals surface area (Å²) < 4.78 is 5.47. The number of aryl methyl sites for hydroxylation is 1. The molecule has 5 atom stereocenters. The summed E-state index contributed by atoms with van der Waals surface area (Å²) in [5, 5.41) is 3.89. The van der Waals surface area contributed by atoms with Crippen LogP contribution in [0.3, 0.4) is 0 Å². The third-order valence-electron chi connectivity index (χ3n) is 8.19. The van der Waals surface area contributed by atoms with Gasteiger partial charge < -0.3 is 10.1 Å². The number of hydrogen-bond acceptors (Lipinski definition) is 3. The average Bonchev–Trinajstić information content (AvgIpc) is 3.08. The number of fused-ring (bicyclic) bond motifs is 5. The lowest BCUT2D eigenvalue weighted by molar-refractivity contribution is 0.0407. The summed E-state index contributed by atoms with van der Waals surface area (Å²) in [5.41, 5.74) is 4.74. The van der Waals surface area contributed by atoms with Crippen LogP contribution in [0, 0.1) is 17.3 Å². The second kappa shape index (κ2) is 7.18. The molecule has 0 radical (unpaired) electrons. The van der Waals surface area contributed by atoms with Crippen LogP contribution in [0.15, 0.2) is 42.6 Å². The van der Waals surface area contributed by atoms with Gasteiger partial charge in [0.15, 0.2) is 0 Å². The van der Waals surface area contributed by atoms with E-state index in [1.54, 1.807) is 12.7 Å². The Bertz CT molecular complexity index is 836. The molecule has 28 heavy (non-hydrogen) atoms. The Morgan fingerprint density at radius 2 is 2.07 bits per heavy atom. The van der Waals surface area contributed by atoms with E-state index in [1.807, 2.05) is 12.3 Å². The minimum Gasteiger partial charge on any atom is -0.497 e. The molecule has 0 bridgehead atoms. The smallest absolute Gasteiger partial charge is 0.119 e. The fourth-order valence-electron chi connectivity index (χ4n) is 6.75. The second-order valence-electron chi connectivity index (χ2n) is 9.36. The van der Waals surface area contributed by atoms with Gasteiger partial charge in [-0.2, -0.15) is 0 Å². The molecule has 3 nitrogen and oxygen atoms in total. The van der Waals surface area contributed by atoms with Crippen molar-refractivity contribution >= 4 is 0 Å². The summed E-state index contributed by atoms with van der Waals surface area (Å²) in [6.07, 6.45) is 9.82. The highest BCUT2D eigenvalue weighted by molar-refractivity contribution is 5.40. The van der Waals surface area contributed by atoms with Crippen LogP contribution < -0.4 is 10.1 Å². The molecule has 0 spiro atoms. The lowest BCUT2D eigenvalue weighted by atomic mass is 9.55. The predicted molar refractivity (Wildman–Crippen MR) is 112 cm³/mol. The maximum Gasteiger partial charge on any atom is 0.119 e. The number of pyridine rings is 1.